The average molecular weight is 263 g/mol. The number of nitrogen functional groups attached to an aromatic ring is 1. The van der Waals surface area contributed by atoms with E-state index in [1.54, 1.807) is 29.5 Å². The van der Waals surface area contributed by atoms with Crippen LogP contribution in [0.25, 0.3) is 0 Å². The molecule has 0 saturated carbocycles. The Bertz CT molecular complexity index is 537. The van der Waals surface area contributed by atoms with E-state index in [0.29, 0.717) is 18.0 Å². The second-order valence-electron chi connectivity index (χ2n) is 3.58. The molecule has 4 nitrogen and oxygen atoms in total. The predicted molar refractivity (Wildman–Crippen MR) is 70.8 cm³/mol. The van der Waals surface area contributed by atoms with Crippen molar-refractivity contribution in [3.63, 3.8) is 0 Å². The highest BCUT2D eigenvalue weighted by molar-refractivity contribution is 7.09. The van der Waals surface area contributed by atoms with E-state index >= 15 is 0 Å². The minimum atomic E-state index is -0.491. The molecule has 1 aromatic carbocycles. The third-order valence-corrected chi connectivity index (χ3v) is 3.25. The molecule has 0 aliphatic heterocycles. The maximum Gasteiger partial charge on any atom is 0.343 e. The van der Waals surface area contributed by atoms with Crippen LogP contribution in [0.4, 0.5) is 5.69 Å². The van der Waals surface area contributed by atoms with Gasteiger partial charge < -0.3 is 15.2 Å². The van der Waals surface area contributed by atoms with Gasteiger partial charge in [-0.2, -0.15) is 0 Å². The van der Waals surface area contributed by atoms with Crippen LogP contribution >= 0.6 is 11.3 Å². The third-order valence-electron chi connectivity index (χ3n) is 2.40. The predicted octanol–water partition coefficient (Wildman–Crippen LogP) is 2.70. The van der Waals surface area contributed by atoms with E-state index in [0.717, 1.165) is 4.88 Å². The summed E-state index contributed by atoms with van der Waals surface area (Å²) < 4.78 is 10.3. The zero-order valence-corrected chi connectivity index (χ0v) is 10.7. The van der Waals surface area contributed by atoms with Crippen molar-refractivity contribution >= 4 is 23.0 Å². The van der Waals surface area contributed by atoms with Crippen LogP contribution in [0.2, 0.25) is 0 Å². The van der Waals surface area contributed by atoms with Gasteiger partial charge in [-0.05, 0) is 23.6 Å². The Hall–Kier alpha value is -2.01. The number of esters is 1. The summed E-state index contributed by atoms with van der Waals surface area (Å²) in [7, 11) is 1.32. The quantitative estimate of drug-likeness (QED) is 0.680. The van der Waals surface area contributed by atoms with Gasteiger partial charge in [0.25, 0.3) is 0 Å². The summed E-state index contributed by atoms with van der Waals surface area (Å²) in [6, 6.07) is 9.00. The molecule has 0 saturated heterocycles. The van der Waals surface area contributed by atoms with Gasteiger partial charge >= 0.3 is 5.97 Å². The summed E-state index contributed by atoms with van der Waals surface area (Å²) in [5.41, 5.74) is 6.40. The van der Waals surface area contributed by atoms with Crippen molar-refractivity contribution in [2.75, 3.05) is 12.8 Å². The van der Waals surface area contributed by atoms with Crippen molar-refractivity contribution in [2.45, 2.75) is 6.61 Å². The topological polar surface area (TPSA) is 61.5 Å². The molecule has 0 bridgehead atoms. The second kappa shape index (κ2) is 5.55. The van der Waals surface area contributed by atoms with Gasteiger partial charge in [0.2, 0.25) is 0 Å². The first-order valence-electron chi connectivity index (χ1n) is 5.34. The number of carbonyl (C=O) groups is 1. The number of benzene rings is 1. The van der Waals surface area contributed by atoms with E-state index in [-0.39, 0.29) is 5.56 Å². The molecule has 0 spiro atoms. The second-order valence-corrected chi connectivity index (χ2v) is 4.61. The summed E-state index contributed by atoms with van der Waals surface area (Å²) in [4.78, 5) is 12.7. The molecule has 94 valence electrons. The van der Waals surface area contributed by atoms with Crippen LogP contribution in [0.3, 0.4) is 0 Å². The summed E-state index contributed by atoms with van der Waals surface area (Å²) in [5.74, 6) is -0.0514. The van der Waals surface area contributed by atoms with Crippen LogP contribution < -0.4 is 10.5 Å². The molecule has 1 aromatic heterocycles. The van der Waals surface area contributed by atoms with E-state index in [4.69, 9.17) is 15.2 Å². The lowest BCUT2D eigenvalue weighted by atomic mass is 10.1. The summed E-state index contributed by atoms with van der Waals surface area (Å²) in [6.07, 6.45) is 0. The van der Waals surface area contributed by atoms with Crippen molar-refractivity contribution in [3.05, 3.63) is 46.2 Å². The van der Waals surface area contributed by atoms with E-state index < -0.39 is 5.97 Å². The van der Waals surface area contributed by atoms with Crippen LogP contribution in [0, 0.1) is 0 Å². The number of thiophene rings is 1. The highest BCUT2D eigenvalue weighted by atomic mass is 32.1. The SMILES string of the molecule is COC(=O)c1c(N)cccc1OCc1cccs1. The minimum Gasteiger partial charge on any atom is -0.487 e. The molecule has 0 unspecified atom stereocenters. The maximum atomic E-state index is 11.6. The molecule has 18 heavy (non-hydrogen) atoms. The van der Waals surface area contributed by atoms with E-state index in [1.165, 1.54) is 7.11 Å². The van der Waals surface area contributed by atoms with Crippen molar-refractivity contribution in [2.24, 2.45) is 0 Å². The molecule has 0 amide bonds. The summed E-state index contributed by atoms with van der Waals surface area (Å²) >= 11 is 1.59. The van der Waals surface area contributed by atoms with Crippen molar-refractivity contribution in [1.29, 1.82) is 0 Å². The number of anilines is 1. The van der Waals surface area contributed by atoms with Gasteiger partial charge in [-0.15, -0.1) is 11.3 Å². The lowest BCUT2D eigenvalue weighted by Gasteiger charge is -2.11. The molecule has 2 N–H and O–H groups in total. The smallest absolute Gasteiger partial charge is 0.343 e. The van der Waals surface area contributed by atoms with Crippen LogP contribution in [0.1, 0.15) is 15.2 Å². The maximum absolute atomic E-state index is 11.6. The summed E-state index contributed by atoms with van der Waals surface area (Å²) in [5, 5.41) is 1.97. The highest BCUT2D eigenvalue weighted by Crippen LogP contribution is 2.26. The number of hydrogen-bond donors (Lipinski definition) is 1. The standard InChI is InChI=1S/C13H13NO3S/c1-16-13(15)12-10(14)5-2-6-11(12)17-8-9-4-3-7-18-9/h2-7H,8,14H2,1H3. The van der Waals surface area contributed by atoms with Crippen molar-refractivity contribution < 1.29 is 14.3 Å². The monoisotopic (exact) mass is 263 g/mol. The molecular weight excluding hydrogens is 250 g/mol. The molecule has 0 atom stereocenters. The third kappa shape index (κ3) is 2.62. The first kappa shape index (κ1) is 12.4. The Morgan fingerprint density at radius 1 is 1.33 bits per heavy atom. The zero-order valence-electron chi connectivity index (χ0n) is 9.88. The number of carbonyl (C=O) groups excluding carboxylic acids is 1. The molecule has 0 fully saturated rings. The Balaban J connectivity index is 2.21. The van der Waals surface area contributed by atoms with Gasteiger partial charge in [0.1, 0.15) is 17.9 Å². The van der Waals surface area contributed by atoms with Gasteiger partial charge in [-0.25, -0.2) is 4.79 Å². The molecule has 5 heteroatoms. The van der Waals surface area contributed by atoms with Crippen molar-refractivity contribution in [1.82, 2.24) is 0 Å². The van der Waals surface area contributed by atoms with Gasteiger partial charge in [-0.3, -0.25) is 0 Å². The number of methoxy groups -OCH3 is 1. The van der Waals surface area contributed by atoms with Gasteiger partial charge in [-0.1, -0.05) is 12.1 Å². The number of hydrogen-bond acceptors (Lipinski definition) is 5. The van der Waals surface area contributed by atoms with E-state index in [2.05, 4.69) is 0 Å². The van der Waals surface area contributed by atoms with Crippen LogP contribution in [-0.4, -0.2) is 13.1 Å². The van der Waals surface area contributed by atoms with Crippen LogP contribution in [0.5, 0.6) is 5.75 Å². The van der Waals surface area contributed by atoms with Crippen LogP contribution in [-0.2, 0) is 11.3 Å². The number of ether oxygens (including phenoxy) is 2. The first-order chi connectivity index (χ1) is 8.72. The Kier molecular flexibility index (Phi) is 3.84. The van der Waals surface area contributed by atoms with Gasteiger partial charge in [0, 0.05) is 10.6 Å². The molecule has 0 aliphatic carbocycles. The molecule has 0 aliphatic rings. The Morgan fingerprint density at radius 3 is 2.83 bits per heavy atom. The minimum absolute atomic E-state index is 0.275. The Labute approximate surface area is 109 Å². The summed E-state index contributed by atoms with van der Waals surface area (Å²) in [6.45, 7) is 0.408. The zero-order chi connectivity index (χ0) is 13.0. The molecule has 0 radical (unpaired) electrons. The first-order valence-corrected chi connectivity index (χ1v) is 6.22. The van der Waals surface area contributed by atoms with E-state index in [1.807, 2.05) is 17.5 Å². The molecular formula is C13H13NO3S. The Morgan fingerprint density at radius 2 is 2.17 bits per heavy atom. The molecule has 2 aromatic rings. The lowest BCUT2D eigenvalue weighted by Crippen LogP contribution is -2.08. The normalized spacial score (nSPS) is 10.1. The lowest BCUT2D eigenvalue weighted by molar-refractivity contribution is 0.0597. The number of rotatable bonds is 4. The number of nitrogens with two attached hydrogens (primary N) is 1. The fraction of sp³-hybridized carbons (Fsp3) is 0.154. The van der Waals surface area contributed by atoms with E-state index in [9.17, 15) is 4.79 Å². The fourth-order valence-corrected chi connectivity index (χ4v) is 2.15. The molecule has 1 heterocycles. The van der Waals surface area contributed by atoms with Crippen LogP contribution in [0.15, 0.2) is 35.7 Å². The fourth-order valence-electron chi connectivity index (χ4n) is 1.53. The van der Waals surface area contributed by atoms with Gasteiger partial charge in [0.15, 0.2) is 0 Å². The highest BCUT2D eigenvalue weighted by Gasteiger charge is 2.16. The largest absolute Gasteiger partial charge is 0.487 e. The average Bonchev–Trinajstić information content (AvgIpc) is 2.88. The molecule has 2 rings (SSSR count). The van der Waals surface area contributed by atoms with Gasteiger partial charge in [0.05, 0.1) is 7.11 Å². The van der Waals surface area contributed by atoms with Crippen molar-refractivity contribution in [3.8, 4) is 5.75 Å².